The number of sulfone groups is 1. The number of rotatable bonds is 7. The van der Waals surface area contributed by atoms with E-state index in [4.69, 9.17) is 0 Å². The maximum Gasteiger partial charge on any atom is 0.200 e. The van der Waals surface area contributed by atoms with Crippen LogP contribution in [-0.4, -0.2) is 23.2 Å². The molecule has 0 saturated carbocycles. The van der Waals surface area contributed by atoms with E-state index in [0.29, 0.717) is 11.3 Å². The molecule has 0 saturated heterocycles. The van der Waals surface area contributed by atoms with Crippen LogP contribution in [0.4, 0.5) is 0 Å². The lowest BCUT2D eigenvalue weighted by atomic mass is 10.1. The van der Waals surface area contributed by atoms with Crippen molar-refractivity contribution in [3.05, 3.63) is 41.5 Å². The first-order chi connectivity index (χ1) is 10.9. The lowest BCUT2D eigenvalue weighted by Crippen LogP contribution is -2.21. The summed E-state index contributed by atoms with van der Waals surface area (Å²) in [5, 5.41) is 6.92. The van der Waals surface area contributed by atoms with Gasteiger partial charge < -0.3 is 4.57 Å². The molecule has 2 aromatic rings. The minimum Gasteiger partial charge on any atom is -0.302 e. The summed E-state index contributed by atoms with van der Waals surface area (Å²) < 4.78 is 28.2. The Morgan fingerprint density at radius 2 is 1.61 bits per heavy atom. The third-order valence-corrected chi connectivity index (χ3v) is 6.48. The van der Waals surface area contributed by atoms with E-state index in [-0.39, 0.29) is 0 Å². The highest BCUT2D eigenvalue weighted by Gasteiger charge is 2.31. The largest absolute Gasteiger partial charge is 0.302 e. The highest BCUT2D eigenvalue weighted by molar-refractivity contribution is 7.91. The number of aryl methyl sites for hydroxylation is 3. The average Bonchev–Trinajstić information content (AvgIpc) is 2.95. The number of hydrogen-bond donors (Lipinski definition) is 0. The van der Waals surface area contributed by atoms with Gasteiger partial charge in [-0.1, -0.05) is 43.9 Å². The van der Waals surface area contributed by atoms with Crippen LogP contribution in [-0.2, 0) is 9.84 Å². The summed E-state index contributed by atoms with van der Waals surface area (Å²) in [5.41, 5.74) is 2.68. The van der Waals surface area contributed by atoms with Crippen molar-refractivity contribution in [3.63, 3.8) is 0 Å². The van der Waals surface area contributed by atoms with Gasteiger partial charge in [-0.05, 0) is 38.3 Å². The number of benzene rings is 1. The summed E-state index contributed by atoms with van der Waals surface area (Å²) in [7, 11) is -3.50. The molecule has 1 aromatic heterocycles. The van der Waals surface area contributed by atoms with E-state index >= 15 is 0 Å². The molecule has 6 heteroatoms. The molecule has 1 atom stereocenters. The molecule has 0 N–H and O–H groups in total. The van der Waals surface area contributed by atoms with Crippen LogP contribution in [0.3, 0.4) is 0 Å². The van der Waals surface area contributed by atoms with Crippen molar-refractivity contribution in [3.8, 4) is 0 Å². The summed E-state index contributed by atoms with van der Waals surface area (Å²) in [5.74, 6) is 0. The van der Waals surface area contributed by atoms with Gasteiger partial charge in [0.05, 0.1) is 4.90 Å². The maximum absolute atomic E-state index is 13.3. The molecule has 1 aromatic carbocycles. The van der Waals surface area contributed by atoms with Gasteiger partial charge in [0.2, 0.25) is 0 Å². The van der Waals surface area contributed by atoms with E-state index in [1.54, 1.807) is 4.57 Å². The molecule has 126 valence electrons. The second-order valence-electron chi connectivity index (χ2n) is 6.13. The van der Waals surface area contributed by atoms with Crippen molar-refractivity contribution in [2.75, 3.05) is 0 Å². The van der Waals surface area contributed by atoms with Crippen LogP contribution in [0.5, 0.6) is 0 Å². The highest BCUT2D eigenvalue weighted by atomic mass is 32.2. The second-order valence-corrected chi connectivity index (χ2v) is 8.17. The topological polar surface area (TPSA) is 64.8 Å². The van der Waals surface area contributed by atoms with Crippen molar-refractivity contribution in [1.29, 1.82) is 0 Å². The van der Waals surface area contributed by atoms with E-state index in [2.05, 4.69) is 17.1 Å². The number of nitrogens with zero attached hydrogens (tertiary/aromatic N) is 3. The van der Waals surface area contributed by atoms with Crippen LogP contribution in [0.15, 0.2) is 29.7 Å². The van der Waals surface area contributed by atoms with Crippen LogP contribution < -0.4 is 0 Å². The molecule has 0 aliphatic rings. The molecule has 0 bridgehead atoms. The van der Waals surface area contributed by atoms with Gasteiger partial charge in [0, 0.05) is 0 Å². The predicted molar refractivity (Wildman–Crippen MR) is 91.0 cm³/mol. The molecule has 1 unspecified atom stereocenters. The van der Waals surface area contributed by atoms with Crippen LogP contribution in [0, 0.1) is 20.8 Å². The van der Waals surface area contributed by atoms with Crippen molar-refractivity contribution in [2.45, 2.75) is 63.6 Å². The van der Waals surface area contributed by atoms with Crippen molar-refractivity contribution < 1.29 is 8.42 Å². The maximum atomic E-state index is 13.3. The normalized spacial score (nSPS) is 13.2. The Hall–Kier alpha value is -1.69. The fourth-order valence-corrected chi connectivity index (χ4v) is 5.34. The number of aromatic nitrogens is 3. The summed E-state index contributed by atoms with van der Waals surface area (Å²) in [6.45, 7) is 7.82. The van der Waals surface area contributed by atoms with E-state index < -0.39 is 15.2 Å². The van der Waals surface area contributed by atoms with Gasteiger partial charge in [-0.15, -0.1) is 10.2 Å². The highest BCUT2D eigenvalue weighted by Crippen LogP contribution is 2.33. The summed E-state index contributed by atoms with van der Waals surface area (Å²) in [6.07, 6.45) is 6.49. The Bertz CT molecular complexity index is 729. The molecule has 0 aliphatic heterocycles. The molecule has 0 aliphatic carbocycles. The summed E-state index contributed by atoms with van der Waals surface area (Å²) >= 11 is 0. The Morgan fingerprint density at radius 1 is 1.04 bits per heavy atom. The predicted octanol–water partition coefficient (Wildman–Crippen LogP) is 3.76. The number of hydrogen-bond acceptors (Lipinski definition) is 4. The van der Waals surface area contributed by atoms with Crippen LogP contribution in [0.2, 0.25) is 0 Å². The van der Waals surface area contributed by atoms with E-state index in [9.17, 15) is 8.42 Å². The molecule has 0 amide bonds. The third kappa shape index (κ3) is 3.80. The van der Waals surface area contributed by atoms with E-state index in [1.165, 1.54) is 12.7 Å². The van der Waals surface area contributed by atoms with Crippen molar-refractivity contribution >= 4 is 9.84 Å². The van der Waals surface area contributed by atoms with Crippen molar-refractivity contribution in [1.82, 2.24) is 14.8 Å². The van der Waals surface area contributed by atoms with Gasteiger partial charge in [0.15, 0.2) is 9.84 Å². The second kappa shape index (κ2) is 7.25. The lowest BCUT2D eigenvalue weighted by molar-refractivity contribution is 0.506. The Balaban J connectivity index is 2.48. The standard InChI is InChI=1S/C17H25N3O2S/c1-5-6-7-8-16(20-11-18-19-12-20)23(21,22)17-14(3)9-13(2)10-15(17)4/h9-12,16H,5-8H2,1-4H3. The summed E-state index contributed by atoms with van der Waals surface area (Å²) in [6, 6.07) is 3.85. The van der Waals surface area contributed by atoms with Crippen LogP contribution >= 0.6 is 0 Å². The van der Waals surface area contributed by atoms with Gasteiger partial charge in [-0.25, -0.2) is 8.42 Å². The molecule has 23 heavy (non-hydrogen) atoms. The van der Waals surface area contributed by atoms with E-state index in [0.717, 1.165) is 36.0 Å². The SMILES string of the molecule is CCCCCC(n1cnnc1)S(=O)(=O)c1c(C)cc(C)cc1C. The molecule has 2 rings (SSSR count). The first-order valence-electron chi connectivity index (χ1n) is 8.03. The smallest absolute Gasteiger partial charge is 0.200 e. The summed E-state index contributed by atoms with van der Waals surface area (Å²) in [4.78, 5) is 0.443. The minimum absolute atomic E-state index is 0.443. The van der Waals surface area contributed by atoms with Crippen molar-refractivity contribution in [2.24, 2.45) is 0 Å². The zero-order valence-corrected chi connectivity index (χ0v) is 15.1. The zero-order chi connectivity index (χ0) is 17.0. The molecule has 5 nitrogen and oxygen atoms in total. The quantitative estimate of drug-likeness (QED) is 0.723. The average molecular weight is 335 g/mol. The van der Waals surface area contributed by atoms with Gasteiger partial charge in [-0.3, -0.25) is 0 Å². The molecular formula is C17H25N3O2S. The van der Waals surface area contributed by atoms with E-state index in [1.807, 2.05) is 32.9 Å². The minimum atomic E-state index is -3.50. The van der Waals surface area contributed by atoms with Gasteiger partial charge in [0.25, 0.3) is 0 Å². The Labute approximate surface area is 138 Å². The van der Waals surface area contributed by atoms with Crippen LogP contribution in [0.25, 0.3) is 0 Å². The van der Waals surface area contributed by atoms with Crippen LogP contribution in [0.1, 0.15) is 54.7 Å². The molecule has 0 fully saturated rings. The zero-order valence-electron chi connectivity index (χ0n) is 14.3. The molecule has 0 spiro atoms. The fraction of sp³-hybridized carbons (Fsp3) is 0.529. The van der Waals surface area contributed by atoms with Gasteiger partial charge in [-0.2, -0.15) is 0 Å². The Morgan fingerprint density at radius 3 is 2.13 bits per heavy atom. The monoisotopic (exact) mass is 335 g/mol. The first kappa shape index (κ1) is 17.7. The van der Waals surface area contributed by atoms with Gasteiger partial charge in [0.1, 0.15) is 18.0 Å². The lowest BCUT2D eigenvalue weighted by Gasteiger charge is -2.21. The first-order valence-corrected chi connectivity index (χ1v) is 9.58. The molecular weight excluding hydrogens is 310 g/mol. The Kier molecular flexibility index (Phi) is 5.57. The van der Waals surface area contributed by atoms with Gasteiger partial charge >= 0.3 is 0 Å². The third-order valence-electron chi connectivity index (χ3n) is 4.07. The fourth-order valence-electron chi connectivity index (χ4n) is 3.14. The molecule has 1 heterocycles. The molecule has 0 radical (unpaired) electrons. The number of unbranched alkanes of at least 4 members (excludes halogenated alkanes) is 2.